The third-order valence-corrected chi connectivity index (χ3v) is 6.66. The van der Waals surface area contributed by atoms with Gasteiger partial charge in [-0.15, -0.1) is 0 Å². The maximum Gasteiger partial charge on any atom is 0.303 e. The number of aromatic nitrogens is 1. The first-order chi connectivity index (χ1) is 12.4. The lowest BCUT2D eigenvalue weighted by Crippen LogP contribution is -2.40. The second-order valence-electron chi connectivity index (χ2n) is 8.22. The minimum absolute atomic E-state index is 0.0885. The van der Waals surface area contributed by atoms with Gasteiger partial charge in [-0.25, -0.2) is 13.8 Å². The highest BCUT2D eigenvalue weighted by atomic mass is 19.3. The van der Waals surface area contributed by atoms with E-state index in [0.717, 1.165) is 44.0 Å². The molecule has 5 rings (SSSR count). The summed E-state index contributed by atoms with van der Waals surface area (Å²) in [5.41, 5.74) is 0.899. The lowest BCUT2D eigenvalue weighted by molar-refractivity contribution is -0.137. The standard InChI is InChI=1S/C19H23F2N3O2/c20-19(21)4-1-3-11-15(19)8-16(22-18(11)23-5-2-6-23)24-9-13-12(7-17(25)26)14(13)10-24/h8,12-14H,1-7,9-10H2,(H,25,26)/t12?,13-,14+. The fourth-order valence-electron chi connectivity index (χ4n) is 5.03. The highest BCUT2D eigenvalue weighted by Crippen LogP contribution is 2.55. The summed E-state index contributed by atoms with van der Waals surface area (Å²) in [5, 5.41) is 8.97. The molecule has 1 aromatic heterocycles. The zero-order chi connectivity index (χ0) is 18.1. The van der Waals surface area contributed by atoms with E-state index in [2.05, 4.69) is 9.80 Å². The number of alkyl halides is 2. The van der Waals surface area contributed by atoms with E-state index in [1.807, 2.05) is 0 Å². The molecular weight excluding hydrogens is 340 g/mol. The topological polar surface area (TPSA) is 56.7 Å². The first kappa shape index (κ1) is 16.3. The van der Waals surface area contributed by atoms with E-state index >= 15 is 0 Å². The predicted molar refractivity (Wildman–Crippen MR) is 92.8 cm³/mol. The van der Waals surface area contributed by atoms with Crippen LogP contribution in [0.1, 0.15) is 36.8 Å². The third kappa shape index (κ3) is 2.47. The molecule has 3 atom stereocenters. The fraction of sp³-hybridized carbons (Fsp3) is 0.684. The fourth-order valence-corrected chi connectivity index (χ4v) is 5.03. The number of rotatable bonds is 4. The molecule has 2 aliphatic heterocycles. The zero-order valence-corrected chi connectivity index (χ0v) is 14.6. The molecule has 0 amide bonds. The van der Waals surface area contributed by atoms with Crippen molar-refractivity contribution in [3.05, 3.63) is 17.2 Å². The van der Waals surface area contributed by atoms with Crippen molar-refractivity contribution in [2.45, 2.75) is 38.0 Å². The first-order valence-corrected chi connectivity index (χ1v) is 9.58. The summed E-state index contributed by atoms with van der Waals surface area (Å²) < 4.78 is 29.2. The molecule has 7 heteroatoms. The number of pyridine rings is 1. The predicted octanol–water partition coefficient (Wildman–Crippen LogP) is 2.88. The van der Waals surface area contributed by atoms with Gasteiger partial charge in [0.05, 0.1) is 0 Å². The van der Waals surface area contributed by atoms with Crippen LogP contribution in [-0.4, -0.2) is 42.2 Å². The Morgan fingerprint density at radius 2 is 1.96 bits per heavy atom. The van der Waals surface area contributed by atoms with Crippen LogP contribution < -0.4 is 9.80 Å². The Balaban J connectivity index is 1.44. The summed E-state index contributed by atoms with van der Waals surface area (Å²) in [6, 6.07) is 1.61. The van der Waals surface area contributed by atoms with Crippen LogP contribution >= 0.6 is 0 Å². The molecule has 4 aliphatic rings. The van der Waals surface area contributed by atoms with E-state index in [4.69, 9.17) is 10.1 Å². The lowest BCUT2D eigenvalue weighted by atomic mass is 9.88. The van der Waals surface area contributed by atoms with Crippen LogP contribution in [0.5, 0.6) is 0 Å². The molecule has 0 spiro atoms. The Bertz CT molecular complexity index is 753. The second kappa shape index (κ2) is 5.54. The van der Waals surface area contributed by atoms with Crippen LogP contribution in [0.3, 0.4) is 0 Å². The number of halogens is 2. The van der Waals surface area contributed by atoms with Crippen molar-refractivity contribution in [3.8, 4) is 0 Å². The van der Waals surface area contributed by atoms with E-state index in [9.17, 15) is 13.6 Å². The number of aliphatic carboxylic acids is 1. The molecule has 26 heavy (non-hydrogen) atoms. The SMILES string of the molecule is O=C(O)CC1[C@H]2CN(c3cc4c(c(N5CCC5)n3)CCCC4(F)F)C[C@@H]12. The maximum absolute atomic E-state index is 14.6. The average molecular weight is 363 g/mol. The van der Waals surface area contributed by atoms with Crippen molar-refractivity contribution < 1.29 is 18.7 Å². The molecule has 3 heterocycles. The van der Waals surface area contributed by atoms with Crippen LogP contribution in [0.2, 0.25) is 0 Å². The number of carbonyl (C=O) groups is 1. The van der Waals surface area contributed by atoms with Crippen LogP contribution in [-0.2, 0) is 17.1 Å². The smallest absolute Gasteiger partial charge is 0.303 e. The van der Waals surface area contributed by atoms with Crippen LogP contribution in [0, 0.1) is 17.8 Å². The number of fused-ring (bicyclic) bond motifs is 2. The molecule has 140 valence electrons. The number of anilines is 2. The van der Waals surface area contributed by atoms with E-state index in [1.165, 1.54) is 0 Å². The lowest BCUT2D eigenvalue weighted by Gasteiger charge is -2.37. The molecule has 0 aromatic carbocycles. The quantitative estimate of drug-likeness (QED) is 0.891. The Hall–Kier alpha value is -1.92. The van der Waals surface area contributed by atoms with Crippen molar-refractivity contribution in [1.82, 2.24) is 4.98 Å². The van der Waals surface area contributed by atoms with Gasteiger partial charge in [0.2, 0.25) is 0 Å². The van der Waals surface area contributed by atoms with Gasteiger partial charge in [0.15, 0.2) is 0 Å². The van der Waals surface area contributed by atoms with Crippen LogP contribution in [0.4, 0.5) is 20.4 Å². The molecule has 2 saturated heterocycles. The summed E-state index contributed by atoms with van der Waals surface area (Å²) in [5.74, 6) is -1.13. The second-order valence-corrected chi connectivity index (χ2v) is 8.22. The Labute approximate surface area is 151 Å². The van der Waals surface area contributed by atoms with Gasteiger partial charge in [-0.1, -0.05) is 0 Å². The third-order valence-electron chi connectivity index (χ3n) is 6.66. The Morgan fingerprint density at radius 1 is 1.23 bits per heavy atom. The summed E-state index contributed by atoms with van der Waals surface area (Å²) in [7, 11) is 0. The van der Waals surface area contributed by atoms with Crippen molar-refractivity contribution >= 4 is 17.6 Å². The van der Waals surface area contributed by atoms with Gasteiger partial charge in [0, 0.05) is 50.1 Å². The minimum atomic E-state index is -2.78. The van der Waals surface area contributed by atoms with E-state index in [-0.39, 0.29) is 24.3 Å². The molecule has 1 N–H and O–H groups in total. The van der Waals surface area contributed by atoms with Crippen molar-refractivity contribution in [3.63, 3.8) is 0 Å². The molecule has 2 aliphatic carbocycles. The van der Waals surface area contributed by atoms with Gasteiger partial charge in [-0.2, -0.15) is 0 Å². The highest BCUT2D eigenvalue weighted by Gasteiger charge is 2.56. The van der Waals surface area contributed by atoms with Crippen molar-refractivity contribution in [2.75, 3.05) is 36.0 Å². The van der Waals surface area contributed by atoms with Crippen LogP contribution in [0.15, 0.2) is 6.07 Å². The van der Waals surface area contributed by atoms with Crippen LogP contribution in [0.25, 0.3) is 0 Å². The molecule has 1 saturated carbocycles. The molecule has 1 aromatic rings. The number of nitrogens with zero attached hydrogens (tertiary/aromatic N) is 3. The summed E-state index contributed by atoms with van der Waals surface area (Å²) in [4.78, 5) is 19.9. The molecule has 5 nitrogen and oxygen atoms in total. The van der Waals surface area contributed by atoms with E-state index in [0.29, 0.717) is 30.5 Å². The Morgan fingerprint density at radius 3 is 2.58 bits per heavy atom. The number of hydrogen-bond donors (Lipinski definition) is 1. The number of carboxylic acid groups (broad SMARTS) is 1. The summed E-state index contributed by atoms with van der Waals surface area (Å²) in [6.07, 6.45) is 2.40. The van der Waals surface area contributed by atoms with Gasteiger partial charge in [0.25, 0.3) is 5.92 Å². The summed E-state index contributed by atoms with van der Waals surface area (Å²) >= 11 is 0. The van der Waals surface area contributed by atoms with Gasteiger partial charge >= 0.3 is 5.97 Å². The maximum atomic E-state index is 14.6. The average Bonchev–Trinajstić information content (AvgIpc) is 2.97. The number of piperidine rings is 1. The van der Waals surface area contributed by atoms with Gasteiger partial charge < -0.3 is 14.9 Å². The van der Waals surface area contributed by atoms with Crippen molar-refractivity contribution in [2.24, 2.45) is 17.8 Å². The normalized spacial score (nSPS) is 31.2. The van der Waals surface area contributed by atoms with Gasteiger partial charge in [0.1, 0.15) is 11.6 Å². The minimum Gasteiger partial charge on any atom is -0.481 e. The molecule has 0 bridgehead atoms. The molecule has 1 unspecified atom stereocenters. The van der Waals surface area contributed by atoms with E-state index < -0.39 is 11.9 Å². The van der Waals surface area contributed by atoms with E-state index in [1.54, 1.807) is 6.07 Å². The number of hydrogen-bond acceptors (Lipinski definition) is 4. The van der Waals surface area contributed by atoms with Gasteiger partial charge in [-0.05, 0) is 43.1 Å². The monoisotopic (exact) mass is 363 g/mol. The summed E-state index contributed by atoms with van der Waals surface area (Å²) in [6.45, 7) is 3.25. The molecular formula is C19H23F2N3O2. The zero-order valence-electron chi connectivity index (χ0n) is 14.6. The molecule has 3 fully saturated rings. The highest BCUT2D eigenvalue weighted by molar-refractivity contribution is 5.68. The molecule has 0 radical (unpaired) electrons. The Kier molecular flexibility index (Phi) is 3.46. The van der Waals surface area contributed by atoms with Gasteiger partial charge in [-0.3, -0.25) is 4.79 Å². The first-order valence-electron chi connectivity index (χ1n) is 9.58. The van der Waals surface area contributed by atoms with Crippen molar-refractivity contribution in [1.29, 1.82) is 0 Å². The number of carboxylic acids is 1. The largest absolute Gasteiger partial charge is 0.481 e.